The summed E-state index contributed by atoms with van der Waals surface area (Å²) >= 11 is 0. The molecule has 0 aliphatic rings. The smallest absolute Gasteiger partial charge is 0.155 e. The number of benzene rings is 1. The minimum atomic E-state index is -0.375. The van der Waals surface area contributed by atoms with Gasteiger partial charge < -0.3 is 5.32 Å². The van der Waals surface area contributed by atoms with Gasteiger partial charge in [-0.2, -0.15) is 0 Å². The molecule has 2 aromatic rings. The third-order valence-electron chi connectivity index (χ3n) is 3.76. The third-order valence-corrected chi connectivity index (χ3v) is 3.76. The molecule has 1 heterocycles. The lowest BCUT2D eigenvalue weighted by Gasteiger charge is -2.31. The molecule has 3 heteroatoms. The van der Waals surface area contributed by atoms with Gasteiger partial charge in [-0.05, 0) is 32.2 Å². The predicted molar refractivity (Wildman–Crippen MR) is 96.6 cm³/mol. The Balaban J connectivity index is 2.29. The largest absolute Gasteiger partial charge is 0.302 e. The first-order chi connectivity index (χ1) is 10.6. The van der Waals surface area contributed by atoms with Crippen molar-refractivity contribution in [3.63, 3.8) is 0 Å². The molecule has 0 saturated heterocycles. The molecule has 2 rings (SSSR count). The molecular weight excluding hydrogens is 284 g/mol. The summed E-state index contributed by atoms with van der Waals surface area (Å²) in [6, 6.07) is 10.0. The number of ketones is 1. The molecule has 1 aromatic carbocycles. The second-order valence-electron chi connectivity index (χ2n) is 8.29. The van der Waals surface area contributed by atoms with Crippen LogP contribution in [0.4, 0.5) is 0 Å². The minimum Gasteiger partial charge on any atom is -0.302 e. The molecular formula is C20H28N2O. The van der Waals surface area contributed by atoms with Crippen LogP contribution in [-0.2, 0) is 11.2 Å². The molecule has 1 atom stereocenters. The highest BCUT2D eigenvalue weighted by atomic mass is 16.1. The van der Waals surface area contributed by atoms with Gasteiger partial charge in [0.05, 0.1) is 6.04 Å². The molecule has 0 fully saturated rings. The fourth-order valence-electron chi connectivity index (χ4n) is 2.70. The van der Waals surface area contributed by atoms with E-state index in [1.807, 2.05) is 39.1 Å². The highest BCUT2D eigenvalue weighted by molar-refractivity contribution is 5.89. The van der Waals surface area contributed by atoms with Crippen LogP contribution in [0.3, 0.4) is 0 Å². The van der Waals surface area contributed by atoms with Crippen LogP contribution in [0.25, 0.3) is 10.8 Å². The number of aromatic nitrogens is 1. The molecule has 3 nitrogen and oxygen atoms in total. The van der Waals surface area contributed by atoms with Gasteiger partial charge >= 0.3 is 0 Å². The van der Waals surface area contributed by atoms with Crippen LogP contribution in [0, 0.1) is 5.41 Å². The van der Waals surface area contributed by atoms with Crippen LogP contribution in [-0.4, -0.2) is 22.3 Å². The zero-order valence-electron chi connectivity index (χ0n) is 15.1. The molecule has 0 amide bonds. The van der Waals surface area contributed by atoms with Crippen molar-refractivity contribution in [1.82, 2.24) is 10.3 Å². The van der Waals surface area contributed by atoms with Gasteiger partial charge in [0.15, 0.2) is 5.78 Å². The molecule has 0 unspecified atom stereocenters. The Labute approximate surface area is 139 Å². The van der Waals surface area contributed by atoms with Crippen molar-refractivity contribution >= 4 is 16.6 Å². The highest BCUT2D eigenvalue weighted by Crippen LogP contribution is 2.21. The van der Waals surface area contributed by atoms with E-state index in [9.17, 15) is 4.79 Å². The summed E-state index contributed by atoms with van der Waals surface area (Å²) in [6.07, 6.45) is 2.50. The molecule has 0 spiro atoms. The Morgan fingerprint density at radius 2 is 1.70 bits per heavy atom. The number of hydrogen-bond acceptors (Lipinski definition) is 3. The van der Waals surface area contributed by atoms with E-state index in [0.717, 1.165) is 16.5 Å². The number of nitrogens with zero attached hydrogens (tertiary/aromatic N) is 1. The highest BCUT2D eigenvalue weighted by Gasteiger charge is 2.32. The van der Waals surface area contributed by atoms with Crippen molar-refractivity contribution in [1.29, 1.82) is 0 Å². The van der Waals surface area contributed by atoms with E-state index in [2.05, 4.69) is 49.3 Å². The predicted octanol–water partition coefficient (Wildman–Crippen LogP) is 4.15. The van der Waals surface area contributed by atoms with Gasteiger partial charge in [0.2, 0.25) is 0 Å². The van der Waals surface area contributed by atoms with E-state index in [4.69, 9.17) is 0 Å². The van der Waals surface area contributed by atoms with Crippen molar-refractivity contribution < 1.29 is 4.79 Å². The summed E-state index contributed by atoms with van der Waals surface area (Å²) in [5.74, 6) is 0.224. The number of nitrogens with one attached hydrogen (secondary N) is 1. The fourth-order valence-corrected chi connectivity index (χ4v) is 2.70. The SMILES string of the molecule is CC(C)(C)N[C@@H](Cc1cc2ccccc2cn1)C(=O)C(C)(C)C. The summed E-state index contributed by atoms with van der Waals surface area (Å²) in [4.78, 5) is 17.4. The van der Waals surface area contributed by atoms with Crippen molar-refractivity contribution in [2.24, 2.45) is 5.41 Å². The van der Waals surface area contributed by atoms with Crippen molar-refractivity contribution in [2.45, 2.75) is 59.5 Å². The maximum atomic E-state index is 12.8. The molecule has 1 aromatic heterocycles. The lowest BCUT2D eigenvalue weighted by Crippen LogP contribution is -2.52. The number of hydrogen-bond donors (Lipinski definition) is 1. The standard InChI is InChI=1S/C20H28N2O/c1-19(2,3)18(23)17(22-20(4,5)6)12-16-11-14-9-7-8-10-15(14)13-21-16/h7-11,13,17,22H,12H2,1-6H3/t17-/m0/s1. The van der Waals surface area contributed by atoms with E-state index in [1.54, 1.807) is 0 Å². The first-order valence-corrected chi connectivity index (χ1v) is 8.22. The topological polar surface area (TPSA) is 42.0 Å². The molecule has 0 aliphatic heterocycles. The first-order valence-electron chi connectivity index (χ1n) is 8.22. The molecule has 0 bridgehead atoms. The van der Waals surface area contributed by atoms with E-state index in [0.29, 0.717) is 6.42 Å². The maximum Gasteiger partial charge on any atom is 0.155 e. The molecule has 0 aliphatic carbocycles. The Bertz CT molecular complexity index is 693. The summed E-state index contributed by atoms with van der Waals surface area (Å²) in [6.45, 7) is 12.2. The normalized spacial score (nSPS) is 14.0. The summed E-state index contributed by atoms with van der Waals surface area (Å²) in [7, 11) is 0. The summed E-state index contributed by atoms with van der Waals surface area (Å²) in [5, 5.41) is 5.76. The number of fused-ring (bicyclic) bond motifs is 1. The van der Waals surface area contributed by atoms with Gasteiger partial charge in [0.1, 0.15) is 0 Å². The Morgan fingerprint density at radius 3 is 2.26 bits per heavy atom. The number of Topliss-reactive ketones (excluding diaryl/α,β-unsaturated/α-hetero) is 1. The van der Waals surface area contributed by atoms with Gasteiger partial charge in [-0.15, -0.1) is 0 Å². The molecule has 23 heavy (non-hydrogen) atoms. The molecule has 1 N–H and O–H groups in total. The van der Waals surface area contributed by atoms with Crippen molar-refractivity contribution in [3.05, 3.63) is 42.2 Å². The second kappa shape index (κ2) is 6.40. The van der Waals surface area contributed by atoms with Gasteiger partial charge in [-0.3, -0.25) is 9.78 Å². The number of carbonyl (C=O) groups is 1. The average Bonchev–Trinajstić information content (AvgIpc) is 2.43. The third kappa shape index (κ3) is 4.87. The van der Waals surface area contributed by atoms with E-state index in [1.165, 1.54) is 0 Å². The average molecular weight is 312 g/mol. The molecule has 124 valence electrons. The zero-order valence-corrected chi connectivity index (χ0v) is 15.1. The number of rotatable bonds is 4. The Kier molecular flexibility index (Phi) is 4.90. The summed E-state index contributed by atoms with van der Waals surface area (Å²) < 4.78 is 0. The quantitative estimate of drug-likeness (QED) is 0.922. The lowest BCUT2D eigenvalue weighted by molar-refractivity contribution is -0.128. The van der Waals surface area contributed by atoms with Gasteiger partial charge in [0, 0.05) is 34.7 Å². The Morgan fingerprint density at radius 1 is 1.09 bits per heavy atom. The van der Waals surface area contributed by atoms with E-state index in [-0.39, 0.29) is 22.8 Å². The number of carbonyl (C=O) groups excluding carboxylic acids is 1. The van der Waals surface area contributed by atoms with Crippen molar-refractivity contribution in [3.8, 4) is 0 Å². The Hall–Kier alpha value is -1.74. The van der Waals surface area contributed by atoms with Gasteiger partial charge in [-0.1, -0.05) is 45.0 Å². The number of pyridine rings is 1. The van der Waals surface area contributed by atoms with Crippen LogP contribution in [0.1, 0.15) is 47.2 Å². The first kappa shape index (κ1) is 17.6. The van der Waals surface area contributed by atoms with Gasteiger partial charge in [-0.25, -0.2) is 0 Å². The van der Waals surface area contributed by atoms with E-state index >= 15 is 0 Å². The van der Waals surface area contributed by atoms with E-state index < -0.39 is 0 Å². The molecule has 0 saturated carbocycles. The maximum absolute atomic E-state index is 12.8. The minimum absolute atomic E-state index is 0.123. The van der Waals surface area contributed by atoms with Crippen LogP contribution < -0.4 is 5.32 Å². The van der Waals surface area contributed by atoms with Crippen LogP contribution >= 0.6 is 0 Å². The van der Waals surface area contributed by atoms with Crippen LogP contribution in [0.15, 0.2) is 36.5 Å². The molecule has 0 radical (unpaired) electrons. The second-order valence-corrected chi connectivity index (χ2v) is 8.29. The van der Waals surface area contributed by atoms with Crippen LogP contribution in [0.5, 0.6) is 0 Å². The summed E-state index contributed by atoms with van der Waals surface area (Å²) in [5.41, 5.74) is 0.449. The lowest BCUT2D eigenvalue weighted by atomic mass is 9.84. The zero-order chi connectivity index (χ0) is 17.3. The van der Waals surface area contributed by atoms with Gasteiger partial charge in [0.25, 0.3) is 0 Å². The monoisotopic (exact) mass is 312 g/mol. The fraction of sp³-hybridized carbons (Fsp3) is 0.500. The van der Waals surface area contributed by atoms with Crippen molar-refractivity contribution in [2.75, 3.05) is 0 Å². The van der Waals surface area contributed by atoms with Crippen LogP contribution in [0.2, 0.25) is 0 Å².